The van der Waals surface area contributed by atoms with Crippen molar-refractivity contribution in [3.63, 3.8) is 0 Å². The van der Waals surface area contributed by atoms with Crippen molar-refractivity contribution in [1.82, 2.24) is 0 Å². The van der Waals surface area contributed by atoms with Gasteiger partial charge in [0.2, 0.25) is 0 Å². The number of anilines is 1. The second kappa shape index (κ2) is 4.36. The first-order valence-corrected chi connectivity index (χ1v) is 5.20. The Morgan fingerprint density at radius 3 is 2.31 bits per heavy atom. The third-order valence-electron chi connectivity index (χ3n) is 2.56. The molecule has 1 aromatic rings. The van der Waals surface area contributed by atoms with Crippen molar-refractivity contribution in [2.75, 3.05) is 5.32 Å². The molecule has 0 fully saturated rings. The zero-order valence-corrected chi connectivity index (χ0v) is 9.65. The van der Waals surface area contributed by atoms with E-state index in [4.69, 9.17) is 0 Å². The summed E-state index contributed by atoms with van der Waals surface area (Å²) in [5, 5.41) is 3.08. The molecule has 0 aromatic heterocycles. The van der Waals surface area contributed by atoms with Gasteiger partial charge in [-0.15, -0.1) is 0 Å². The lowest BCUT2D eigenvalue weighted by molar-refractivity contribution is -0.137. The summed E-state index contributed by atoms with van der Waals surface area (Å²) in [6, 6.07) is 5.27. The zero-order chi connectivity index (χ0) is 12.4. The highest BCUT2D eigenvalue weighted by atomic mass is 19.4. The normalized spacial score (nSPS) is 12.6. The van der Waals surface area contributed by atoms with E-state index in [1.807, 2.05) is 20.8 Å². The first-order chi connectivity index (χ1) is 7.24. The molecule has 90 valence electrons. The molecule has 0 unspecified atom stereocenters. The van der Waals surface area contributed by atoms with Crippen LogP contribution in [-0.2, 0) is 6.18 Å². The van der Waals surface area contributed by atoms with Crippen LogP contribution in [-0.4, -0.2) is 5.54 Å². The van der Waals surface area contributed by atoms with E-state index in [0.717, 1.165) is 18.6 Å². The van der Waals surface area contributed by atoms with E-state index in [2.05, 4.69) is 5.32 Å². The van der Waals surface area contributed by atoms with Crippen LogP contribution >= 0.6 is 0 Å². The SMILES string of the molecule is CCC(C)(C)Nc1cccc(C(F)(F)F)c1. The van der Waals surface area contributed by atoms with Gasteiger partial charge in [0.1, 0.15) is 0 Å². The minimum absolute atomic E-state index is 0.204. The van der Waals surface area contributed by atoms with Crippen molar-refractivity contribution < 1.29 is 13.2 Å². The Hall–Kier alpha value is -1.19. The molecule has 0 atom stereocenters. The summed E-state index contributed by atoms with van der Waals surface area (Å²) in [4.78, 5) is 0. The van der Waals surface area contributed by atoms with Gasteiger partial charge in [-0.05, 0) is 38.5 Å². The Balaban J connectivity index is 2.92. The summed E-state index contributed by atoms with van der Waals surface area (Å²) >= 11 is 0. The van der Waals surface area contributed by atoms with Gasteiger partial charge in [-0.2, -0.15) is 13.2 Å². The fraction of sp³-hybridized carbons (Fsp3) is 0.500. The Labute approximate surface area is 93.7 Å². The number of hydrogen-bond acceptors (Lipinski definition) is 1. The molecule has 0 saturated carbocycles. The van der Waals surface area contributed by atoms with E-state index in [-0.39, 0.29) is 5.54 Å². The highest BCUT2D eigenvalue weighted by Gasteiger charge is 2.30. The van der Waals surface area contributed by atoms with Crippen LogP contribution in [0.2, 0.25) is 0 Å². The maximum Gasteiger partial charge on any atom is 0.416 e. The van der Waals surface area contributed by atoms with Crippen LogP contribution in [0.1, 0.15) is 32.8 Å². The third kappa shape index (κ3) is 3.43. The van der Waals surface area contributed by atoms with Crippen LogP contribution in [0.15, 0.2) is 24.3 Å². The molecule has 0 spiro atoms. The Bertz CT molecular complexity index is 356. The molecule has 0 saturated heterocycles. The lowest BCUT2D eigenvalue weighted by atomic mass is 10.0. The van der Waals surface area contributed by atoms with Crippen molar-refractivity contribution in [3.8, 4) is 0 Å². The molecule has 16 heavy (non-hydrogen) atoms. The zero-order valence-electron chi connectivity index (χ0n) is 9.65. The van der Waals surface area contributed by atoms with Crippen LogP contribution in [0.3, 0.4) is 0 Å². The number of halogens is 3. The fourth-order valence-corrected chi connectivity index (χ4v) is 1.25. The highest BCUT2D eigenvalue weighted by Crippen LogP contribution is 2.31. The van der Waals surface area contributed by atoms with E-state index >= 15 is 0 Å². The molecule has 0 aliphatic rings. The summed E-state index contributed by atoms with van der Waals surface area (Å²) in [5.74, 6) is 0. The maximum atomic E-state index is 12.5. The van der Waals surface area contributed by atoms with Crippen LogP contribution in [0, 0.1) is 0 Å². The predicted octanol–water partition coefficient (Wildman–Crippen LogP) is 4.31. The smallest absolute Gasteiger partial charge is 0.380 e. The van der Waals surface area contributed by atoms with Gasteiger partial charge >= 0.3 is 6.18 Å². The van der Waals surface area contributed by atoms with Gasteiger partial charge in [0.25, 0.3) is 0 Å². The topological polar surface area (TPSA) is 12.0 Å². The number of nitrogens with one attached hydrogen (secondary N) is 1. The molecule has 1 aromatic carbocycles. The molecule has 1 rings (SSSR count). The van der Waals surface area contributed by atoms with Gasteiger partial charge in [0, 0.05) is 11.2 Å². The average Bonchev–Trinajstić information content (AvgIpc) is 2.16. The van der Waals surface area contributed by atoms with Gasteiger partial charge in [0.15, 0.2) is 0 Å². The van der Waals surface area contributed by atoms with E-state index in [1.165, 1.54) is 6.07 Å². The Kier molecular flexibility index (Phi) is 3.51. The molecule has 0 heterocycles. The van der Waals surface area contributed by atoms with Crippen LogP contribution in [0.5, 0.6) is 0 Å². The van der Waals surface area contributed by atoms with Crippen molar-refractivity contribution in [2.24, 2.45) is 0 Å². The summed E-state index contributed by atoms with van der Waals surface area (Å²) in [6.07, 6.45) is -3.45. The number of alkyl halides is 3. The molecular weight excluding hydrogens is 215 g/mol. The molecule has 1 nitrogen and oxygen atoms in total. The van der Waals surface area contributed by atoms with Gasteiger partial charge in [0.05, 0.1) is 5.56 Å². The summed E-state index contributed by atoms with van der Waals surface area (Å²) in [6.45, 7) is 5.89. The van der Waals surface area contributed by atoms with Crippen molar-refractivity contribution in [1.29, 1.82) is 0 Å². The average molecular weight is 231 g/mol. The summed E-state index contributed by atoms with van der Waals surface area (Å²) in [5.41, 5.74) is -0.324. The van der Waals surface area contributed by atoms with E-state index in [9.17, 15) is 13.2 Å². The lowest BCUT2D eigenvalue weighted by Crippen LogP contribution is -2.29. The molecular formula is C12H16F3N. The molecule has 4 heteroatoms. The standard InChI is InChI=1S/C12H16F3N/c1-4-11(2,3)16-10-7-5-6-9(8-10)12(13,14)15/h5-8,16H,4H2,1-3H3. The molecule has 0 radical (unpaired) electrons. The van der Waals surface area contributed by atoms with Gasteiger partial charge in [-0.25, -0.2) is 0 Å². The van der Waals surface area contributed by atoms with E-state index < -0.39 is 11.7 Å². The number of benzene rings is 1. The van der Waals surface area contributed by atoms with Gasteiger partial charge in [-0.3, -0.25) is 0 Å². The van der Waals surface area contributed by atoms with E-state index in [1.54, 1.807) is 6.07 Å². The number of rotatable bonds is 3. The Morgan fingerprint density at radius 2 is 1.81 bits per heavy atom. The van der Waals surface area contributed by atoms with Gasteiger partial charge in [-0.1, -0.05) is 13.0 Å². The molecule has 1 N–H and O–H groups in total. The van der Waals surface area contributed by atoms with Crippen LogP contribution in [0.4, 0.5) is 18.9 Å². The molecule has 0 aliphatic heterocycles. The van der Waals surface area contributed by atoms with Crippen molar-refractivity contribution in [3.05, 3.63) is 29.8 Å². The molecule has 0 amide bonds. The van der Waals surface area contributed by atoms with Crippen LogP contribution < -0.4 is 5.32 Å². The van der Waals surface area contributed by atoms with Crippen molar-refractivity contribution >= 4 is 5.69 Å². The third-order valence-corrected chi connectivity index (χ3v) is 2.56. The molecule has 0 aliphatic carbocycles. The summed E-state index contributed by atoms with van der Waals surface area (Å²) < 4.78 is 37.4. The minimum atomic E-state index is -4.28. The summed E-state index contributed by atoms with van der Waals surface area (Å²) in [7, 11) is 0. The fourth-order valence-electron chi connectivity index (χ4n) is 1.25. The van der Waals surface area contributed by atoms with Crippen LogP contribution in [0.25, 0.3) is 0 Å². The minimum Gasteiger partial charge on any atom is -0.380 e. The first-order valence-electron chi connectivity index (χ1n) is 5.20. The quantitative estimate of drug-likeness (QED) is 0.817. The van der Waals surface area contributed by atoms with Gasteiger partial charge < -0.3 is 5.32 Å². The second-order valence-electron chi connectivity index (χ2n) is 4.44. The van der Waals surface area contributed by atoms with E-state index in [0.29, 0.717) is 5.69 Å². The first kappa shape index (κ1) is 12.9. The van der Waals surface area contributed by atoms with Crippen molar-refractivity contribution in [2.45, 2.75) is 38.9 Å². The monoisotopic (exact) mass is 231 g/mol. The molecule has 0 bridgehead atoms. The maximum absolute atomic E-state index is 12.5. The number of hydrogen-bond donors (Lipinski definition) is 1. The second-order valence-corrected chi connectivity index (χ2v) is 4.44. The Morgan fingerprint density at radius 1 is 1.19 bits per heavy atom. The highest BCUT2D eigenvalue weighted by molar-refractivity contribution is 5.48. The largest absolute Gasteiger partial charge is 0.416 e. The predicted molar refractivity (Wildman–Crippen MR) is 59.4 cm³/mol. The lowest BCUT2D eigenvalue weighted by Gasteiger charge is -2.26.